The molecule has 0 aliphatic carbocycles. The Hall–Kier alpha value is -1.56. The van der Waals surface area contributed by atoms with Crippen LogP contribution in [0.15, 0.2) is 23.7 Å². The van der Waals surface area contributed by atoms with Gasteiger partial charge in [-0.25, -0.2) is 4.98 Å². The van der Waals surface area contributed by atoms with Crippen LogP contribution >= 0.6 is 0 Å². The highest BCUT2D eigenvalue weighted by Crippen LogP contribution is 2.15. The summed E-state index contributed by atoms with van der Waals surface area (Å²) < 4.78 is 2.05. The van der Waals surface area contributed by atoms with Gasteiger partial charge in [-0.2, -0.15) is 0 Å². The molecule has 112 valence electrons. The van der Waals surface area contributed by atoms with Gasteiger partial charge in [-0.05, 0) is 25.9 Å². The molecule has 0 spiro atoms. The second kappa shape index (κ2) is 7.89. The smallest absolute Gasteiger partial charge is 0.191 e. The first kappa shape index (κ1) is 14.8. The largest absolute Gasteiger partial charge is 0.355 e. The molecule has 1 aromatic heterocycles. The van der Waals surface area contributed by atoms with Gasteiger partial charge in [0.05, 0.1) is 6.33 Å². The van der Waals surface area contributed by atoms with Crippen LogP contribution in [0.5, 0.6) is 0 Å². The van der Waals surface area contributed by atoms with Gasteiger partial charge in [0, 0.05) is 45.1 Å². The zero-order valence-electron chi connectivity index (χ0n) is 12.5. The molecule has 1 saturated heterocycles. The molecule has 0 saturated carbocycles. The van der Waals surface area contributed by atoms with E-state index in [-0.39, 0.29) is 0 Å². The third-order valence-electron chi connectivity index (χ3n) is 3.86. The van der Waals surface area contributed by atoms with Crippen molar-refractivity contribution in [2.24, 2.45) is 4.99 Å². The van der Waals surface area contributed by atoms with Crippen molar-refractivity contribution in [1.82, 2.24) is 25.1 Å². The van der Waals surface area contributed by atoms with E-state index in [0.717, 1.165) is 32.1 Å². The first-order valence-electron chi connectivity index (χ1n) is 7.47. The molecule has 1 unspecified atom stereocenters. The van der Waals surface area contributed by atoms with Crippen molar-refractivity contribution < 1.29 is 0 Å². The molecule has 0 radical (unpaired) electrons. The molecule has 6 nitrogen and oxygen atoms in total. The van der Waals surface area contributed by atoms with Crippen LogP contribution in [0.1, 0.15) is 19.8 Å². The number of aromatic nitrogens is 2. The molecule has 1 aromatic rings. The lowest BCUT2D eigenvalue weighted by Crippen LogP contribution is -2.45. The molecule has 2 rings (SSSR count). The van der Waals surface area contributed by atoms with Gasteiger partial charge in [-0.1, -0.05) is 6.92 Å². The number of hydrogen-bond donors (Lipinski definition) is 2. The lowest BCUT2D eigenvalue weighted by molar-refractivity contribution is 0.267. The standard InChI is InChI=1S/C14H26N6/c1-3-20-8-4-5-13(20)11-18-14(15-2)17-7-10-19-9-6-16-12-19/h6,9,12-13H,3-5,7-8,10-11H2,1-2H3,(H2,15,17,18). The Balaban J connectivity index is 1.67. The van der Waals surface area contributed by atoms with E-state index in [4.69, 9.17) is 0 Å². The summed E-state index contributed by atoms with van der Waals surface area (Å²) in [6.07, 6.45) is 8.19. The predicted molar refractivity (Wildman–Crippen MR) is 81.9 cm³/mol. The first-order valence-corrected chi connectivity index (χ1v) is 7.47. The highest BCUT2D eigenvalue weighted by molar-refractivity contribution is 5.79. The second-order valence-corrected chi connectivity index (χ2v) is 5.11. The summed E-state index contributed by atoms with van der Waals surface area (Å²) in [4.78, 5) is 10.8. The molecular weight excluding hydrogens is 252 g/mol. The molecule has 1 atom stereocenters. The maximum Gasteiger partial charge on any atom is 0.191 e. The van der Waals surface area contributed by atoms with E-state index in [1.807, 2.05) is 19.6 Å². The van der Waals surface area contributed by atoms with Crippen LogP contribution in [0.2, 0.25) is 0 Å². The van der Waals surface area contributed by atoms with Crippen molar-refractivity contribution in [3.63, 3.8) is 0 Å². The van der Waals surface area contributed by atoms with E-state index in [0.29, 0.717) is 6.04 Å². The van der Waals surface area contributed by atoms with Crippen molar-refractivity contribution in [2.75, 3.05) is 33.2 Å². The van der Waals surface area contributed by atoms with Gasteiger partial charge < -0.3 is 15.2 Å². The van der Waals surface area contributed by atoms with E-state index in [9.17, 15) is 0 Å². The number of nitrogens with one attached hydrogen (secondary N) is 2. The molecule has 1 aliphatic heterocycles. The summed E-state index contributed by atoms with van der Waals surface area (Å²) in [6.45, 7) is 7.31. The van der Waals surface area contributed by atoms with Crippen LogP contribution in [0.25, 0.3) is 0 Å². The van der Waals surface area contributed by atoms with Crippen molar-refractivity contribution >= 4 is 5.96 Å². The van der Waals surface area contributed by atoms with Gasteiger partial charge in [0.1, 0.15) is 0 Å². The molecule has 2 N–H and O–H groups in total. The molecule has 0 amide bonds. The summed E-state index contributed by atoms with van der Waals surface area (Å²) in [5, 5.41) is 6.76. The fourth-order valence-electron chi connectivity index (χ4n) is 2.70. The topological polar surface area (TPSA) is 57.5 Å². The minimum Gasteiger partial charge on any atom is -0.355 e. The summed E-state index contributed by atoms with van der Waals surface area (Å²) in [5.74, 6) is 0.882. The molecule has 0 aromatic carbocycles. The normalized spacial score (nSPS) is 20.3. The van der Waals surface area contributed by atoms with Crippen LogP contribution in [0.3, 0.4) is 0 Å². The molecule has 0 bridgehead atoms. The molecular formula is C14H26N6. The predicted octanol–water partition coefficient (Wildman–Crippen LogP) is 0.532. The minimum absolute atomic E-state index is 0.646. The van der Waals surface area contributed by atoms with Gasteiger partial charge in [-0.15, -0.1) is 0 Å². The SMILES string of the molecule is CCN1CCCC1CNC(=NC)NCCn1ccnc1. The Morgan fingerprint density at radius 3 is 3.05 bits per heavy atom. The lowest BCUT2D eigenvalue weighted by Gasteiger charge is -2.24. The molecule has 6 heteroatoms. The number of rotatable bonds is 6. The van der Waals surface area contributed by atoms with Gasteiger partial charge in [-0.3, -0.25) is 9.89 Å². The van der Waals surface area contributed by atoms with E-state index in [1.54, 1.807) is 6.20 Å². The number of nitrogens with zero attached hydrogens (tertiary/aromatic N) is 4. The fourth-order valence-corrected chi connectivity index (χ4v) is 2.70. The van der Waals surface area contributed by atoms with Crippen molar-refractivity contribution in [2.45, 2.75) is 32.4 Å². The van der Waals surface area contributed by atoms with Crippen LogP contribution in [-0.4, -0.2) is 59.7 Å². The van der Waals surface area contributed by atoms with Crippen LogP contribution in [0, 0.1) is 0 Å². The van der Waals surface area contributed by atoms with Gasteiger partial charge in [0.25, 0.3) is 0 Å². The molecule has 1 fully saturated rings. The third-order valence-corrected chi connectivity index (χ3v) is 3.86. The van der Waals surface area contributed by atoms with Crippen molar-refractivity contribution in [3.05, 3.63) is 18.7 Å². The van der Waals surface area contributed by atoms with Gasteiger partial charge in [0.2, 0.25) is 0 Å². The first-order chi connectivity index (χ1) is 9.83. The maximum absolute atomic E-state index is 4.27. The highest BCUT2D eigenvalue weighted by atomic mass is 15.2. The number of imidazole rings is 1. The summed E-state index contributed by atoms with van der Waals surface area (Å²) in [6, 6.07) is 0.646. The van der Waals surface area contributed by atoms with E-state index in [1.165, 1.54) is 19.4 Å². The zero-order valence-corrected chi connectivity index (χ0v) is 12.5. The Morgan fingerprint density at radius 1 is 1.45 bits per heavy atom. The summed E-state index contributed by atoms with van der Waals surface area (Å²) >= 11 is 0. The summed E-state index contributed by atoms with van der Waals surface area (Å²) in [5.41, 5.74) is 0. The number of likely N-dealkylation sites (tertiary alicyclic amines) is 1. The molecule has 2 heterocycles. The number of guanidine groups is 1. The average Bonchev–Trinajstić information content (AvgIpc) is 3.13. The van der Waals surface area contributed by atoms with Crippen LogP contribution in [0.4, 0.5) is 0 Å². The Labute approximate surface area is 121 Å². The lowest BCUT2D eigenvalue weighted by atomic mass is 10.2. The average molecular weight is 278 g/mol. The molecule has 20 heavy (non-hydrogen) atoms. The third kappa shape index (κ3) is 4.23. The van der Waals surface area contributed by atoms with Crippen LogP contribution < -0.4 is 10.6 Å². The van der Waals surface area contributed by atoms with E-state index < -0.39 is 0 Å². The van der Waals surface area contributed by atoms with Crippen molar-refractivity contribution in [1.29, 1.82) is 0 Å². The zero-order chi connectivity index (χ0) is 14.2. The second-order valence-electron chi connectivity index (χ2n) is 5.11. The van der Waals surface area contributed by atoms with E-state index in [2.05, 4.69) is 37.0 Å². The Morgan fingerprint density at radius 2 is 2.35 bits per heavy atom. The van der Waals surface area contributed by atoms with Gasteiger partial charge >= 0.3 is 0 Å². The fraction of sp³-hybridized carbons (Fsp3) is 0.714. The maximum atomic E-state index is 4.27. The Kier molecular flexibility index (Phi) is 5.86. The monoisotopic (exact) mass is 278 g/mol. The summed E-state index contributed by atoms with van der Waals surface area (Å²) in [7, 11) is 1.82. The Bertz CT molecular complexity index is 400. The number of likely N-dealkylation sites (N-methyl/N-ethyl adjacent to an activating group) is 1. The molecule has 1 aliphatic rings. The van der Waals surface area contributed by atoms with E-state index >= 15 is 0 Å². The highest BCUT2D eigenvalue weighted by Gasteiger charge is 2.22. The minimum atomic E-state index is 0.646. The number of hydrogen-bond acceptors (Lipinski definition) is 3. The van der Waals surface area contributed by atoms with Crippen molar-refractivity contribution in [3.8, 4) is 0 Å². The number of aliphatic imine (C=N–C) groups is 1. The van der Waals surface area contributed by atoms with Gasteiger partial charge in [0.15, 0.2) is 5.96 Å². The quantitative estimate of drug-likeness (QED) is 0.589. The van der Waals surface area contributed by atoms with Crippen LogP contribution in [-0.2, 0) is 6.54 Å².